The summed E-state index contributed by atoms with van der Waals surface area (Å²) in [4.78, 5) is 23.7. The van der Waals surface area contributed by atoms with E-state index in [-0.39, 0.29) is 25.2 Å². The third-order valence-electron chi connectivity index (χ3n) is 5.90. The van der Waals surface area contributed by atoms with Crippen molar-refractivity contribution in [1.82, 2.24) is 0 Å². The van der Waals surface area contributed by atoms with E-state index in [4.69, 9.17) is 9.47 Å². The van der Waals surface area contributed by atoms with Crippen LogP contribution in [0.5, 0.6) is 0 Å². The molecule has 0 aromatic heterocycles. The second kappa shape index (κ2) is 24.5. The minimum Gasteiger partial charge on any atom is -0.462 e. The molecule has 0 rings (SSSR count). The van der Waals surface area contributed by atoms with Crippen molar-refractivity contribution in [2.45, 2.75) is 148 Å². The first-order valence-corrected chi connectivity index (χ1v) is 13.6. The minimum atomic E-state index is -0.756. The molecule has 0 aliphatic carbocycles. The molecule has 0 unspecified atom stereocenters. The van der Waals surface area contributed by atoms with Gasteiger partial charge in [0.25, 0.3) is 0 Å². The lowest BCUT2D eigenvalue weighted by Gasteiger charge is -2.15. The lowest BCUT2D eigenvalue weighted by Crippen LogP contribution is -2.28. The molecular weight excluding hydrogens is 404 g/mol. The molecule has 0 aromatic carbocycles. The van der Waals surface area contributed by atoms with E-state index in [0.29, 0.717) is 12.8 Å². The van der Waals surface area contributed by atoms with Crippen molar-refractivity contribution in [3.8, 4) is 0 Å². The van der Waals surface area contributed by atoms with Gasteiger partial charge >= 0.3 is 11.9 Å². The quantitative estimate of drug-likeness (QED) is 0.122. The van der Waals surface area contributed by atoms with Crippen LogP contribution in [0.3, 0.4) is 0 Å². The van der Waals surface area contributed by atoms with Crippen molar-refractivity contribution in [3.63, 3.8) is 0 Å². The maximum absolute atomic E-state index is 11.9. The molecule has 5 nitrogen and oxygen atoms in total. The van der Waals surface area contributed by atoms with Crippen LogP contribution in [0.1, 0.15) is 142 Å². The number of hydrogen-bond donors (Lipinski definition) is 1. The Balaban J connectivity index is 3.53. The summed E-state index contributed by atoms with van der Waals surface area (Å²) < 4.78 is 10.4. The Morgan fingerprint density at radius 1 is 0.594 bits per heavy atom. The Kier molecular flexibility index (Phi) is 23.7. The van der Waals surface area contributed by atoms with Crippen molar-refractivity contribution in [2.75, 3.05) is 13.2 Å². The van der Waals surface area contributed by atoms with E-state index in [1.165, 1.54) is 83.5 Å². The number of esters is 2. The summed E-state index contributed by atoms with van der Waals surface area (Å²) in [5.74, 6) is -0.602. The summed E-state index contributed by atoms with van der Waals surface area (Å²) in [5, 5.41) is 9.36. The molecule has 0 radical (unpaired) electrons. The molecule has 0 amide bonds. The van der Waals surface area contributed by atoms with Crippen molar-refractivity contribution in [2.24, 2.45) is 0 Å². The van der Waals surface area contributed by atoms with E-state index in [0.717, 1.165) is 32.1 Å². The SMILES string of the molecule is CCCCCCCCCCCCCCCC(=O)OC[C@@H](CO)OC(=O)CCCCCCC. The molecule has 0 aliphatic rings. The van der Waals surface area contributed by atoms with Crippen LogP contribution >= 0.6 is 0 Å². The van der Waals surface area contributed by atoms with Crippen LogP contribution < -0.4 is 0 Å². The molecule has 0 saturated heterocycles. The van der Waals surface area contributed by atoms with Crippen LogP contribution in [0.15, 0.2) is 0 Å². The van der Waals surface area contributed by atoms with E-state index in [9.17, 15) is 14.7 Å². The largest absolute Gasteiger partial charge is 0.462 e. The van der Waals surface area contributed by atoms with E-state index in [1.807, 2.05) is 0 Å². The number of aliphatic hydroxyl groups excluding tert-OH is 1. The van der Waals surface area contributed by atoms with Gasteiger partial charge in [-0.05, 0) is 12.8 Å². The number of aliphatic hydroxyl groups is 1. The first kappa shape index (κ1) is 30.9. The van der Waals surface area contributed by atoms with Crippen LogP contribution in [0.4, 0.5) is 0 Å². The summed E-state index contributed by atoms with van der Waals surface area (Å²) >= 11 is 0. The molecule has 0 spiro atoms. The fraction of sp³-hybridized carbons (Fsp3) is 0.926. The molecule has 0 saturated carbocycles. The topological polar surface area (TPSA) is 72.8 Å². The fourth-order valence-electron chi connectivity index (χ4n) is 3.79. The van der Waals surface area contributed by atoms with E-state index < -0.39 is 6.10 Å². The summed E-state index contributed by atoms with van der Waals surface area (Å²) in [7, 11) is 0. The molecule has 5 heteroatoms. The van der Waals surface area contributed by atoms with Gasteiger partial charge < -0.3 is 14.6 Å². The predicted molar refractivity (Wildman–Crippen MR) is 132 cm³/mol. The van der Waals surface area contributed by atoms with Gasteiger partial charge in [0.05, 0.1) is 6.61 Å². The highest BCUT2D eigenvalue weighted by atomic mass is 16.6. The second-order valence-corrected chi connectivity index (χ2v) is 9.13. The summed E-state index contributed by atoms with van der Waals surface area (Å²) in [6, 6.07) is 0. The highest BCUT2D eigenvalue weighted by molar-refractivity contribution is 5.70. The van der Waals surface area contributed by atoms with E-state index in [1.54, 1.807) is 0 Å². The average molecular weight is 457 g/mol. The normalized spacial score (nSPS) is 12.0. The Bertz CT molecular complexity index is 424. The Morgan fingerprint density at radius 2 is 0.969 bits per heavy atom. The molecular formula is C27H52O5. The number of hydrogen-bond acceptors (Lipinski definition) is 5. The molecule has 0 heterocycles. The van der Waals surface area contributed by atoms with Gasteiger partial charge in [0.15, 0.2) is 6.10 Å². The van der Waals surface area contributed by atoms with Crippen molar-refractivity contribution < 1.29 is 24.2 Å². The molecule has 1 N–H and O–H groups in total. The number of rotatable bonds is 24. The summed E-state index contributed by atoms with van der Waals surface area (Å²) in [6.07, 6.45) is 21.8. The Labute approximate surface area is 198 Å². The van der Waals surface area contributed by atoms with Gasteiger partial charge in [0, 0.05) is 12.8 Å². The van der Waals surface area contributed by atoms with Gasteiger partial charge in [-0.15, -0.1) is 0 Å². The predicted octanol–water partition coefficient (Wildman–Crippen LogP) is 7.28. The molecule has 1 atom stereocenters. The van der Waals surface area contributed by atoms with Gasteiger partial charge in [0.2, 0.25) is 0 Å². The molecule has 0 fully saturated rings. The first-order valence-electron chi connectivity index (χ1n) is 13.6. The number of carbonyl (C=O) groups excluding carboxylic acids is 2. The van der Waals surface area contributed by atoms with Crippen LogP contribution in [0, 0.1) is 0 Å². The average Bonchev–Trinajstić information content (AvgIpc) is 2.79. The number of carbonyl (C=O) groups is 2. The zero-order chi connectivity index (χ0) is 23.7. The number of ether oxygens (including phenoxy) is 2. The van der Waals surface area contributed by atoms with Crippen molar-refractivity contribution in [1.29, 1.82) is 0 Å². The maximum Gasteiger partial charge on any atom is 0.306 e. The van der Waals surface area contributed by atoms with Crippen LogP contribution in [0.2, 0.25) is 0 Å². The zero-order valence-corrected chi connectivity index (χ0v) is 21.2. The van der Waals surface area contributed by atoms with Gasteiger partial charge in [0.1, 0.15) is 6.61 Å². The Hall–Kier alpha value is -1.10. The summed E-state index contributed by atoms with van der Waals surface area (Å²) in [5.41, 5.74) is 0. The molecule has 0 aliphatic heterocycles. The third-order valence-corrected chi connectivity index (χ3v) is 5.90. The van der Waals surface area contributed by atoms with Crippen LogP contribution in [-0.2, 0) is 19.1 Å². The highest BCUT2D eigenvalue weighted by Crippen LogP contribution is 2.13. The van der Waals surface area contributed by atoms with Crippen LogP contribution in [-0.4, -0.2) is 36.4 Å². The van der Waals surface area contributed by atoms with Gasteiger partial charge in [-0.25, -0.2) is 0 Å². The smallest absolute Gasteiger partial charge is 0.306 e. The molecule has 0 bridgehead atoms. The molecule has 0 aromatic rings. The summed E-state index contributed by atoms with van der Waals surface area (Å²) in [6.45, 7) is 4.02. The van der Waals surface area contributed by atoms with Crippen molar-refractivity contribution >= 4 is 11.9 Å². The van der Waals surface area contributed by atoms with Crippen LogP contribution in [0.25, 0.3) is 0 Å². The van der Waals surface area contributed by atoms with Gasteiger partial charge in [-0.1, -0.05) is 117 Å². The number of unbranched alkanes of at least 4 members (excludes halogenated alkanes) is 16. The fourth-order valence-corrected chi connectivity index (χ4v) is 3.79. The minimum absolute atomic E-state index is 0.0602. The Morgan fingerprint density at radius 3 is 1.38 bits per heavy atom. The van der Waals surface area contributed by atoms with E-state index >= 15 is 0 Å². The van der Waals surface area contributed by atoms with E-state index in [2.05, 4.69) is 13.8 Å². The van der Waals surface area contributed by atoms with Gasteiger partial charge in [-0.2, -0.15) is 0 Å². The molecule has 32 heavy (non-hydrogen) atoms. The zero-order valence-electron chi connectivity index (χ0n) is 21.2. The van der Waals surface area contributed by atoms with Crippen molar-refractivity contribution in [3.05, 3.63) is 0 Å². The monoisotopic (exact) mass is 456 g/mol. The molecule has 190 valence electrons. The standard InChI is InChI=1S/C27H52O5/c1-3-5-7-9-10-11-12-13-14-15-16-18-19-21-26(29)31-24-25(23-28)32-27(30)22-20-17-8-6-4-2/h25,28H,3-24H2,1-2H3/t25-/m1/s1. The third kappa shape index (κ3) is 22.1. The van der Waals surface area contributed by atoms with Gasteiger partial charge in [-0.3, -0.25) is 9.59 Å². The second-order valence-electron chi connectivity index (χ2n) is 9.13. The highest BCUT2D eigenvalue weighted by Gasteiger charge is 2.16. The lowest BCUT2D eigenvalue weighted by atomic mass is 10.0. The first-order chi connectivity index (χ1) is 15.6. The maximum atomic E-state index is 11.9. The lowest BCUT2D eigenvalue weighted by molar-refractivity contribution is -0.161.